The highest BCUT2D eigenvalue weighted by molar-refractivity contribution is 7.09. The number of rotatable bonds is 5. The quantitative estimate of drug-likeness (QED) is 0.456. The maximum atomic E-state index is 11.4. The van der Waals surface area contributed by atoms with Crippen LogP contribution in [0.25, 0.3) is 10.4 Å². The summed E-state index contributed by atoms with van der Waals surface area (Å²) in [7, 11) is 0. The lowest BCUT2D eigenvalue weighted by atomic mass is 10.1. The zero-order valence-corrected chi connectivity index (χ0v) is 17.2. The van der Waals surface area contributed by atoms with Crippen molar-refractivity contribution in [3.63, 3.8) is 0 Å². The summed E-state index contributed by atoms with van der Waals surface area (Å²) in [6, 6.07) is 19.4. The van der Waals surface area contributed by atoms with Crippen LogP contribution in [0.15, 0.2) is 71.7 Å². The van der Waals surface area contributed by atoms with Crippen LogP contribution in [0, 0.1) is 6.92 Å². The van der Waals surface area contributed by atoms with Crippen molar-refractivity contribution in [1.29, 1.82) is 0 Å². The molecule has 0 amide bonds. The van der Waals surface area contributed by atoms with Gasteiger partial charge in [0.1, 0.15) is 23.4 Å². The molecule has 1 N–H and O–H groups in total. The smallest absolute Gasteiger partial charge is 0.258 e. The van der Waals surface area contributed by atoms with Crippen LogP contribution in [-0.2, 0) is 6.42 Å². The number of nitrogens with one attached hydrogen (secondary N) is 1. The Morgan fingerprint density at radius 3 is 2.67 bits per heavy atom. The molecule has 150 valence electrons. The van der Waals surface area contributed by atoms with Crippen LogP contribution in [0.1, 0.15) is 29.3 Å². The molecular weight excluding hydrogens is 396 g/mol. The van der Waals surface area contributed by atoms with E-state index in [4.69, 9.17) is 9.47 Å². The predicted molar refractivity (Wildman–Crippen MR) is 118 cm³/mol. The molecule has 1 aliphatic carbocycles. The highest BCUT2D eigenvalue weighted by Gasteiger charge is 2.27. The molecule has 5 rings (SSSR count). The van der Waals surface area contributed by atoms with E-state index in [1.54, 1.807) is 12.3 Å². The van der Waals surface area contributed by atoms with Gasteiger partial charge in [-0.15, -0.1) is 0 Å². The van der Waals surface area contributed by atoms with Gasteiger partial charge in [0.2, 0.25) is 0 Å². The van der Waals surface area contributed by atoms with Crippen molar-refractivity contribution in [3.8, 4) is 27.7 Å². The summed E-state index contributed by atoms with van der Waals surface area (Å²) in [5.41, 5.74) is 4.16. The number of aryl methyl sites for hydroxylation is 1. The molecule has 0 saturated heterocycles. The van der Waals surface area contributed by atoms with Crippen molar-refractivity contribution in [2.45, 2.75) is 25.9 Å². The first kappa shape index (κ1) is 18.6. The second-order valence-electron chi connectivity index (χ2n) is 7.26. The Morgan fingerprint density at radius 2 is 1.90 bits per heavy atom. The van der Waals surface area contributed by atoms with E-state index < -0.39 is 0 Å². The molecule has 4 aromatic rings. The molecule has 0 bridgehead atoms. The van der Waals surface area contributed by atoms with Crippen LogP contribution in [0.3, 0.4) is 0 Å². The molecule has 0 saturated carbocycles. The number of ether oxygens (including phenoxy) is 2. The maximum Gasteiger partial charge on any atom is 0.258 e. The largest absolute Gasteiger partial charge is 0.486 e. The van der Waals surface area contributed by atoms with Crippen LogP contribution >= 0.6 is 11.5 Å². The van der Waals surface area contributed by atoms with E-state index in [-0.39, 0.29) is 11.7 Å². The summed E-state index contributed by atoms with van der Waals surface area (Å²) in [6.07, 6.45) is 3.57. The minimum atomic E-state index is -0.0719. The summed E-state index contributed by atoms with van der Waals surface area (Å²) in [6.45, 7) is 1.94. The lowest BCUT2D eigenvalue weighted by Gasteiger charge is -2.16. The van der Waals surface area contributed by atoms with E-state index in [0.29, 0.717) is 0 Å². The normalized spacial score (nSPS) is 15.0. The van der Waals surface area contributed by atoms with Crippen LogP contribution in [-0.4, -0.2) is 9.36 Å². The van der Waals surface area contributed by atoms with Gasteiger partial charge in [-0.2, -0.15) is 0 Å². The molecular formula is C24H20N2O3S. The molecule has 0 spiro atoms. The SMILES string of the molecule is Cc1ncccc1Oc1cccc2c1CC[C@H]2Oc1ccc(-c2cc(=O)[nH]s2)cc1. The average Bonchev–Trinajstić information content (AvgIpc) is 3.37. The molecule has 0 fully saturated rings. The van der Waals surface area contributed by atoms with Crippen molar-refractivity contribution in [2.24, 2.45) is 0 Å². The van der Waals surface area contributed by atoms with E-state index in [0.717, 1.165) is 46.2 Å². The van der Waals surface area contributed by atoms with E-state index in [9.17, 15) is 4.79 Å². The van der Waals surface area contributed by atoms with E-state index in [1.165, 1.54) is 22.7 Å². The minimum absolute atomic E-state index is 0.00675. The van der Waals surface area contributed by atoms with Gasteiger partial charge in [0, 0.05) is 17.8 Å². The van der Waals surface area contributed by atoms with Gasteiger partial charge in [-0.3, -0.25) is 14.2 Å². The number of fused-ring (bicyclic) bond motifs is 1. The average molecular weight is 417 g/mol. The second-order valence-corrected chi connectivity index (χ2v) is 8.11. The number of pyridine rings is 1. The number of H-pyrrole nitrogens is 1. The molecule has 0 unspecified atom stereocenters. The number of nitrogens with zero attached hydrogens (tertiary/aromatic N) is 1. The fourth-order valence-electron chi connectivity index (χ4n) is 3.78. The standard InChI is InChI=1S/C24H20N2O3S/c1-15-20(6-3-13-25-15)29-21-5-2-4-18-19(21)11-12-22(18)28-17-9-7-16(8-10-17)23-14-24(27)26-30-23/h2-10,13-14,22H,11-12H2,1H3,(H,26,27)/t22-/m1/s1. The first-order valence-electron chi connectivity index (χ1n) is 9.84. The number of hydrogen-bond acceptors (Lipinski definition) is 5. The van der Waals surface area contributed by atoms with Crippen molar-refractivity contribution < 1.29 is 9.47 Å². The van der Waals surface area contributed by atoms with Gasteiger partial charge in [-0.25, -0.2) is 0 Å². The first-order chi connectivity index (χ1) is 14.7. The Bertz CT molecular complexity index is 1240. The fourth-order valence-corrected chi connectivity index (χ4v) is 4.47. The van der Waals surface area contributed by atoms with Crippen LogP contribution in [0.2, 0.25) is 0 Å². The molecule has 1 atom stereocenters. The summed E-state index contributed by atoms with van der Waals surface area (Å²) < 4.78 is 15.2. The Balaban J connectivity index is 1.35. The van der Waals surface area contributed by atoms with Crippen LogP contribution < -0.4 is 15.0 Å². The van der Waals surface area contributed by atoms with Crippen molar-refractivity contribution >= 4 is 11.5 Å². The van der Waals surface area contributed by atoms with E-state index in [1.807, 2.05) is 55.5 Å². The lowest BCUT2D eigenvalue weighted by molar-refractivity contribution is 0.207. The van der Waals surface area contributed by atoms with Crippen molar-refractivity contribution in [2.75, 3.05) is 0 Å². The van der Waals surface area contributed by atoms with Crippen LogP contribution in [0.5, 0.6) is 17.2 Å². The predicted octanol–water partition coefficient (Wildman–Crippen LogP) is 5.67. The Hall–Kier alpha value is -3.38. The van der Waals surface area contributed by atoms with Gasteiger partial charge < -0.3 is 9.47 Å². The van der Waals surface area contributed by atoms with Crippen molar-refractivity contribution in [3.05, 3.63) is 94.0 Å². The summed E-state index contributed by atoms with van der Waals surface area (Å²) in [5.74, 6) is 2.46. The summed E-state index contributed by atoms with van der Waals surface area (Å²) in [5, 5.41) is 0. The lowest BCUT2D eigenvalue weighted by Crippen LogP contribution is -2.03. The zero-order valence-electron chi connectivity index (χ0n) is 16.4. The van der Waals surface area contributed by atoms with E-state index in [2.05, 4.69) is 15.4 Å². The minimum Gasteiger partial charge on any atom is -0.486 e. The van der Waals surface area contributed by atoms with Crippen LogP contribution in [0.4, 0.5) is 0 Å². The van der Waals surface area contributed by atoms with Gasteiger partial charge in [0.25, 0.3) is 5.56 Å². The van der Waals surface area contributed by atoms with Gasteiger partial charge in [0.15, 0.2) is 0 Å². The second kappa shape index (κ2) is 7.80. The maximum absolute atomic E-state index is 11.4. The highest BCUT2D eigenvalue weighted by Crippen LogP contribution is 2.41. The molecule has 0 radical (unpaired) electrons. The number of aromatic nitrogens is 2. The molecule has 6 heteroatoms. The monoisotopic (exact) mass is 416 g/mol. The summed E-state index contributed by atoms with van der Waals surface area (Å²) >= 11 is 1.34. The Labute approximate surface area is 178 Å². The molecule has 2 aromatic carbocycles. The number of benzene rings is 2. The Morgan fingerprint density at radius 1 is 1.07 bits per heavy atom. The third-order valence-electron chi connectivity index (χ3n) is 5.29. The van der Waals surface area contributed by atoms with Gasteiger partial charge in [-0.1, -0.05) is 23.7 Å². The number of hydrogen-bond donors (Lipinski definition) is 1. The van der Waals surface area contributed by atoms with Crippen molar-refractivity contribution in [1.82, 2.24) is 9.36 Å². The van der Waals surface area contributed by atoms with Gasteiger partial charge >= 0.3 is 0 Å². The van der Waals surface area contributed by atoms with E-state index >= 15 is 0 Å². The third kappa shape index (κ3) is 3.62. The molecule has 30 heavy (non-hydrogen) atoms. The topological polar surface area (TPSA) is 64.2 Å². The first-order valence-corrected chi connectivity index (χ1v) is 10.7. The third-order valence-corrected chi connectivity index (χ3v) is 6.17. The van der Waals surface area contributed by atoms with Gasteiger partial charge in [-0.05, 0) is 73.4 Å². The highest BCUT2D eigenvalue weighted by atomic mass is 32.1. The molecule has 1 aliphatic rings. The molecule has 5 nitrogen and oxygen atoms in total. The Kier molecular flexibility index (Phi) is 4.85. The fraction of sp³-hybridized carbons (Fsp3) is 0.167. The molecule has 2 aromatic heterocycles. The number of aromatic amines is 1. The summed E-state index contributed by atoms with van der Waals surface area (Å²) in [4.78, 5) is 16.6. The molecule has 2 heterocycles. The van der Waals surface area contributed by atoms with Gasteiger partial charge in [0.05, 0.1) is 10.6 Å². The zero-order chi connectivity index (χ0) is 20.5. The molecule has 0 aliphatic heterocycles.